The maximum absolute atomic E-state index is 11.9. The second-order valence-corrected chi connectivity index (χ2v) is 4.18. The molecule has 5 nitrogen and oxygen atoms in total. The Bertz CT molecular complexity index is 706. The van der Waals surface area contributed by atoms with Crippen LogP contribution in [0.25, 0.3) is 10.9 Å². The SMILES string of the molecule is O=C(Cc1[nH]nc2ccccc12)Nc1ccncc1. The molecule has 0 bridgehead atoms. The van der Waals surface area contributed by atoms with Gasteiger partial charge in [-0.3, -0.25) is 14.9 Å². The van der Waals surface area contributed by atoms with E-state index in [-0.39, 0.29) is 12.3 Å². The molecule has 0 saturated heterocycles. The van der Waals surface area contributed by atoms with Crippen molar-refractivity contribution in [2.75, 3.05) is 5.32 Å². The van der Waals surface area contributed by atoms with Crippen LogP contribution in [0.2, 0.25) is 0 Å². The predicted molar refractivity (Wildman–Crippen MR) is 72.7 cm³/mol. The minimum Gasteiger partial charge on any atom is -0.326 e. The number of aromatic nitrogens is 3. The highest BCUT2D eigenvalue weighted by atomic mass is 16.1. The molecule has 1 aromatic carbocycles. The maximum Gasteiger partial charge on any atom is 0.230 e. The van der Waals surface area contributed by atoms with Crippen LogP contribution in [0.3, 0.4) is 0 Å². The number of carbonyl (C=O) groups is 1. The molecule has 0 aliphatic rings. The lowest BCUT2D eigenvalue weighted by atomic mass is 10.1. The standard InChI is InChI=1S/C14H12N4O/c19-14(16-10-5-7-15-8-6-10)9-13-11-3-1-2-4-12(11)17-18-13/h1-8H,9H2,(H,17,18)(H,15,16,19). The molecule has 1 amide bonds. The molecule has 5 heteroatoms. The molecule has 19 heavy (non-hydrogen) atoms. The van der Waals surface area contributed by atoms with E-state index in [1.807, 2.05) is 24.3 Å². The number of fused-ring (bicyclic) bond motifs is 1. The molecule has 0 radical (unpaired) electrons. The summed E-state index contributed by atoms with van der Waals surface area (Å²) in [5, 5.41) is 10.9. The predicted octanol–water partition coefficient (Wildman–Crippen LogP) is 2.14. The van der Waals surface area contributed by atoms with Gasteiger partial charge in [0.2, 0.25) is 5.91 Å². The fraction of sp³-hybridized carbons (Fsp3) is 0.0714. The van der Waals surface area contributed by atoms with Gasteiger partial charge in [0.15, 0.2) is 0 Å². The lowest BCUT2D eigenvalue weighted by Crippen LogP contribution is -2.14. The third-order valence-electron chi connectivity index (χ3n) is 2.84. The van der Waals surface area contributed by atoms with Crippen molar-refractivity contribution >= 4 is 22.5 Å². The number of pyridine rings is 1. The molecular weight excluding hydrogens is 240 g/mol. The van der Waals surface area contributed by atoms with Gasteiger partial charge in [-0.05, 0) is 18.2 Å². The van der Waals surface area contributed by atoms with E-state index in [1.54, 1.807) is 24.5 Å². The summed E-state index contributed by atoms with van der Waals surface area (Å²) in [5.74, 6) is -0.0828. The van der Waals surface area contributed by atoms with Gasteiger partial charge in [0.1, 0.15) is 0 Å². The lowest BCUT2D eigenvalue weighted by Gasteiger charge is -2.03. The smallest absolute Gasteiger partial charge is 0.230 e. The van der Waals surface area contributed by atoms with Gasteiger partial charge in [-0.1, -0.05) is 18.2 Å². The van der Waals surface area contributed by atoms with Crippen molar-refractivity contribution < 1.29 is 4.79 Å². The number of H-pyrrole nitrogens is 1. The highest BCUT2D eigenvalue weighted by Gasteiger charge is 2.09. The average molecular weight is 252 g/mol. The molecule has 0 fully saturated rings. The molecule has 2 aromatic heterocycles. The third-order valence-corrected chi connectivity index (χ3v) is 2.84. The van der Waals surface area contributed by atoms with Gasteiger partial charge in [0, 0.05) is 23.5 Å². The van der Waals surface area contributed by atoms with Crippen molar-refractivity contribution in [3.05, 3.63) is 54.5 Å². The zero-order valence-corrected chi connectivity index (χ0v) is 10.1. The summed E-state index contributed by atoms with van der Waals surface area (Å²) in [5.41, 5.74) is 2.43. The van der Waals surface area contributed by atoms with E-state index in [2.05, 4.69) is 20.5 Å². The highest BCUT2D eigenvalue weighted by molar-refractivity contribution is 5.94. The first-order valence-electron chi connectivity index (χ1n) is 5.95. The van der Waals surface area contributed by atoms with Crippen LogP contribution in [0.15, 0.2) is 48.8 Å². The molecule has 0 atom stereocenters. The largest absolute Gasteiger partial charge is 0.326 e. The molecule has 3 aromatic rings. The molecule has 0 spiro atoms. The van der Waals surface area contributed by atoms with E-state index in [9.17, 15) is 4.79 Å². The van der Waals surface area contributed by atoms with Crippen LogP contribution >= 0.6 is 0 Å². The number of hydrogen-bond acceptors (Lipinski definition) is 3. The number of nitrogens with zero attached hydrogens (tertiary/aromatic N) is 2. The second kappa shape index (κ2) is 4.89. The highest BCUT2D eigenvalue weighted by Crippen LogP contribution is 2.16. The Morgan fingerprint density at radius 1 is 1.16 bits per heavy atom. The van der Waals surface area contributed by atoms with E-state index in [0.29, 0.717) is 0 Å². The summed E-state index contributed by atoms with van der Waals surface area (Å²) in [6, 6.07) is 11.2. The van der Waals surface area contributed by atoms with Crippen LogP contribution in [0.1, 0.15) is 5.69 Å². The van der Waals surface area contributed by atoms with Crippen molar-refractivity contribution in [3.8, 4) is 0 Å². The first kappa shape index (κ1) is 11.4. The molecule has 94 valence electrons. The van der Waals surface area contributed by atoms with Crippen molar-refractivity contribution in [1.29, 1.82) is 0 Å². The van der Waals surface area contributed by atoms with E-state index < -0.39 is 0 Å². The number of rotatable bonds is 3. The Kier molecular flexibility index (Phi) is 2.94. The Morgan fingerprint density at radius 2 is 1.95 bits per heavy atom. The van der Waals surface area contributed by atoms with Crippen molar-refractivity contribution in [1.82, 2.24) is 15.2 Å². The fourth-order valence-corrected chi connectivity index (χ4v) is 1.95. The van der Waals surface area contributed by atoms with Crippen LogP contribution in [-0.2, 0) is 11.2 Å². The number of hydrogen-bond donors (Lipinski definition) is 2. The normalized spacial score (nSPS) is 10.5. The Hall–Kier alpha value is -2.69. The van der Waals surface area contributed by atoms with Crippen molar-refractivity contribution in [2.45, 2.75) is 6.42 Å². The number of amides is 1. The van der Waals surface area contributed by atoms with Gasteiger partial charge in [-0.15, -0.1) is 0 Å². The zero-order chi connectivity index (χ0) is 13.1. The summed E-state index contributed by atoms with van der Waals surface area (Å²) in [4.78, 5) is 15.8. The van der Waals surface area contributed by atoms with Crippen LogP contribution in [0.4, 0.5) is 5.69 Å². The van der Waals surface area contributed by atoms with Gasteiger partial charge in [-0.25, -0.2) is 0 Å². The monoisotopic (exact) mass is 252 g/mol. The topological polar surface area (TPSA) is 70.7 Å². The van der Waals surface area contributed by atoms with Gasteiger partial charge in [-0.2, -0.15) is 5.10 Å². The van der Waals surface area contributed by atoms with E-state index in [0.717, 1.165) is 22.3 Å². The van der Waals surface area contributed by atoms with E-state index in [4.69, 9.17) is 0 Å². The minimum atomic E-state index is -0.0828. The second-order valence-electron chi connectivity index (χ2n) is 4.18. The molecule has 0 aliphatic carbocycles. The first-order chi connectivity index (χ1) is 9.33. The molecule has 0 aliphatic heterocycles. The van der Waals surface area contributed by atoms with Crippen molar-refractivity contribution in [3.63, 3.8) is 0 Å². The number of para-hydroxylation sites is 1. The number of aromatic amines is 1. The van der Waals surface area contributed by atoms with Crippen LogP contribution < -0.4 is 5.32 Å². The first-order valence-corrected chi connectivity index (χ1v) is 5.95. The molecular formula is C14H12N4O. The third kappa shape index (κ3) is 2.44. The summed E-state index contributed by atoms with van der Waals surface area (Å²) in [7, 11) is 0. The average Bonchev–Trinajstić information content (AvgIpc) is 2.83. The fourth-order valence-electron chi connectivity index (χ4n) is 1.95. The van der Waals surface area contributed by atoms with Gasteiger partial charge < -0.3 is 5.32 Å². The molecule has 2 N–H and O–H groups in total. The van der Waals surface area contributed by atoms with Crippen LogP contribution in [-0.4, -0.2) is 21.1 Å². The Balaban J connectivity index is 1.76. The summed E-state index contributed by atoms with van der Waals surface area (Å²) < 4.78 is 0. The summed E-state index contributed by atoms with van der Waals surface area (Å²) in [6.07, 6.45) is 3.55. The Morgan fingerprint density at radius 3 is 2.79 bits per heavy atom. The van der Waals surface area contributed by atoms with Crippen LogP contribution in [0.5, 0.6) is 0 Å². The van der Waals surface area contributed by atoms with Gasteiger partial charge in [0.05, 0.1) is 17.6 Å². The Labute approximate surface area is 109 Å². The van der Waals surface area contributed by atoms with E-state index in [1.165, 1.54) is 0 Å². The van der Waals surface area contributed by atoms with Gasteiger partial charge >= 0.3 is 0 Å². The molecule has 0 saturated carbocycles. The quantitative estimate of drug-likeness (QED) is 0.750. The number of benzene rings is 1. The van der Waals surface area contributed by atoms with Crippen LogP contribution in [0, 0.1) is 0 Å². The number of anilines is 1. The molecule has 3 rings (SSSR count). The summed E-state index contributed by atoms with van der Waals surface area (Å²) >= 11 is 0. The number of carbonyl (C=O) groups excluding carboxylic acids is 1. The van der Waals surface area contributed by atoms with E-state index >= 15 is 0 Å². The minimum absolute atomic E-state index is 0.0828. The van der Waals surface area contributed by atoms with Crippen molar-refractivity contribution in [2.24, 2.45) is 0 Å². The lowest BCUT2D eigenvalue weighted by molar-refractivity contribution is -0.115. The molecule has 0 unspecified atom stereocenters. The zero-order valence-electron chi connectivity index (χ0n) is 10.1. The summed E-state index contributed by atoms with van der Waals surface area (Å²) in [6.45, 7) is 0. The number of nitrogens with one attached hydrogen (secondary N) is 2. The van der Waals surface area contributed by atoms with Gasteiger partial charge in [0.25, 0.3) is 0 Å². The maximum atomic E-state index is 11.9. The molecule has 2 heterocycles.